The van der Waals surface area contributed by atoms with Crippen LogP contribution in [0.15, 0.2) is 27.8 Å². The van der Waals surface area contributed by atoms with Gasteiger partial charge in [-0.15, -0.1) is 0 Å². The van der Waals surface area contributed by atoms with Crippen LogP contribution in [0, 0.1) is 0 Å². The fraction of sp³-hybridized carbons (Fsp3) is 0.467. The Labute approximate surface area is 122 Å². The third-order valence-corrected chi connectivity index (χ3v) is 4.21. The molecule has 1 atom stereocenters. The predicted molar refractivity (Wildman–Crippen MR) is 81.1 cm³/mol. The zero-order chi connectivity index (χ0) is 15.0. The molecule has 2 aromatic rings. The van der Waals surface area contributed by atoms with E-state index in [1.165, 1.54) is 11.7 Å². The second-order valence-corrected chi connectivity index (χ2v) is 5.32. The van der Waals surface area contributed by atoms with Crippen molar-refractivity contribution in [3.8, 4) is 5.75 Å². The SMILES string of the molecule is CCN1CCC(n2c(=O)[nH]c3c(OC)cccc3c2=O)C1. The van der Waals surface area contributed by atoms with Crippen LogP contribution in [0.2, 0.25) is 0 Å². The van der Waals surface area contributed by atoms with Gasteiger partial charge in [-0.1, -0.05) is 13.0 Å². The molecule has 1 saturated heterocycles. The number of H-pyrrole nitrogens is 1. The van der Waals surface area contributed by atoms with Gasteiger partial charge >= 0.3 is 5.69 Å². The molecule has 0 spiro atoms. The van der Waals surface area contributed by atoms with Crippen LogP contribution >= 0.6 is 0 Å². The molecule has 0 saturated carbocycles. The molecular weight excluding hydrogens is 270 g/mol. The summed E-state index contributed by atoms with van der Waals surface area (Å²) in [5, 5.41) is 0.490. The molecule has 6 heteroatoms. The van der Waals surface area contributed by atoms with Crippen LogP contribution in [0.3, 0.4) is 0 Å². The Morgan fingerprint density at radius 3 is 2.86 bits per heavy atom. The molecule has 2 heterocycles. The molecule has 3 rings (SSSR count). The van der Waals surface area contributed by atoms with Crippen molar-refractivity contribution in [2.45, 2.75) is 19.4 Å². The molecule has 1 N–H and O–H groups in total. The lowest BCUT2D eigenvalue weighted by molar-refractivity contribution is 0.338. The highest BCUT2D eigenvalue weighted by molar-refractivity contribution is 5.83. The fourth-order valence-electron chi connectivity index (χ4n) is 3.04. The van der Waals surface area contributed by atoms with Crippen molar-refractivity contribution in [2.24, 2.45) is 0 Å². The maximum atomic E-state index is 12.7. The summed E-state index contributed by atoms with van der Waals surface area (Å²) in [7, 11) is 1.52. The molecule has 1 unspecified atom stereocenters. The van der Waals surface area contributed by atoms with Gasteiger partial charge in [0, 0.05) is 13.1 Å². The number of hydrogen-bond acceptors (Lipinski definition) is 4. The van der Waals surface area contributed by atoms with E-state index in [-0.39, 0.29) is 17.3 Å². The molecule has 21 heavy (non-hydrogen) atoms. The van der Waals surface area contributed by atoms with Crippen molar-refractivity contribution in [1.29, 1.82) is 0 Å². The minimum atomic E-state index is -0.361. The minimum absolute atomic E-state index is 0.0585. The van der Waals surface area contributed by atoms with Gasteiger partial charge < -0.3 is 14.6 Å². The smallest absolute Gasteiger partial charge is 0.329 e. The number of para-hydroxylation sites is 1. The first-order valence-electron chi connectivity index (χ1n) is 7.19. The summed E-state index contributed by atoms with van der Waals surface area (Å²) in [6.07, 6.45) is 0.826. The second kappa shape index (κ2) is 5.37. The molecule has 0 bridgehead atoms. The summed E-state index contributed by atoms with van der Waals surface area (Å²) < 4.78 is 6.57. The topological polar surface area (TPSA) is 67.3 Å². The predicted octanol–water partition coefficient (Wildman–Crippen LogP) is 0.965. The van der Waals surface area contributed by atoms with Gasteiger partial charge in [0.2, 0.25) is 0 Å². The average molecular weight is 289 g/mol. The molecule has 1 aromatic heterocycles. The quantitative estimate of drug-likeness (QED) is 0.914. The molecule has 0 amide bonds. The van der Waals surface area contributed by atoms with Crippen molar-refractivity contribution in [2.75, 3.05) is 26.7 Å². The third-order valence-electron chi connectivity index (χ3n) is 4.21. The minimum Gasteiger partial charge on any atom is -0.495 e. The molecule has 1 aliphatic heterocycles. The molecule has 6 nitrogen and oxygen atoms in total. The van der Waals surface area contributed by atoms with E-state index in [0.717, 1.165) is 26.1 Å². The Kier molecular flexibility index (Phi) is 3.55. The summed E-state index contributed by atoms with van der Waals surface area (Å²) in [5.74, 6) is 0.510. The van der Waals surface area contributed by atoms with E-state index in [4.69, 9.17) is 4.74 Å². The standard InChI is InChI=1S/C15H19N3O3/c1-3-17-8-7-10(9-17)18-14(19)11-5-4-6-12(21-2)13(11)16-15(18)20/h4-6,10H,3,7-9H2,1-2H3,(H,16,20). The van der Waals surface area contributed by atoms with Gasteiger partial charge in [-0.2, -0.15) is 0 Å². The summed E-state index contributed by atoms with van der Waals surface area (Å²) in [6, 6.07) is 5.16. The Bertz CT molecular complexity index is 778. The third kappa shape index (κ3) is 2.25. The first kappa shape index (κ1) is 13.9. The van der Waals surface area contributed by atoms with Crippen molar-refractivity contribution >= 4 is 10.9 Å². The van der Waals surface area contributed by atoms with Crippen molar-refractivity contribution in [3.63, 3.8) is 0 Å². The van der Waals surface area contributed by atoms with Crippen molar-refractivity contribution in [3.05, 3.63) is 39.0 Å². The number of likely N-dealkylation sites (tertiary alicyclic amines) is 1. The van der Waals surface area contributed by atoms with Crippen molar-refractivity contribution < 1.29 is 4.74 Å². The molecule has 0 radical (unpaired) electrons. The van der Waals surface area contributed by atoms with Gasteiger partial charge in [0.25, 0.3) is 5.56 Å². The average Bonchev–Trinajstić information content (AvgIpc) is 2.95. The number of hydrogen-bond donors (Lipinski definition) is 1. The van der Waals surface area contributed by atoms with Gasteiger partial charge in [-0.3, -0.25) is 9.36 Å². The van der Waals surface area contributed by atoms with Crippen LogP contribution in [0.4, 0.5) is 0 Å². The number of benzene rings is 1. The molecule has 1 fully saturated rings. The maximum absolute atomic E-state index is 12.7. The lowest BCUT2D eigenvalue weighted by atomic mass is 10.2. The lowest BCUT2D eigenvalue weighted by Gasteiger charge is -2.15. The fourth-order valence-corrected chi connectivity index (χ4v) is 3.04. The van der Waals surface area contributed by atoms with Crippen LogP contribution < -0.4 is 16.0 Å². The monoisotopic (exact) mass is 289 g/mol. The van der Waals surface area contributed by atoms with E-state index in [0.29, 0.717) is 16.7 Å². The summed E-state index contributed by atoms with van der Waals surface area (Å²) in [4.78, 5) is 30.0. The van der Waals surface area contributed by atoms with E-state index in [2.05, 4.69) is 16.8 Å². The van der Waals surface area contributed by atoms with Crippen LogP contribution in [-0.2, 0) is 0 Å². The Morgan fingerprint density at radius 1 is 1.38 bits per heavy atom. The van der Waals surface area contributed by atoms with Crippen LogP contribution in [-0.4, -0.2) is 41.2 Å². The van der Waals surface area contributed by atoms with Gasteiger partial charge in [0.15, 0.2) is 0 Å². The molecular formula is C15H19N3O3. The number of ether oxygens (including phenoxy) is 1. The Hall–Kier alpha value is -2.08. The summed E-state index contributed by atoms with van der Waals surface area (Å²) in [5.41, 5.74) is -0.132. The zero-order valence-corrected chi connectivity index (χ0v) is 12.3. The number of nitrogens with zero attached hydrogens (tertiary/aromatic N) is 2. The van der Waals surface area contributed by atoms with E-state index >= 15 is 0 Å². The number of likely N-dealkylation sites (N-methyl/N-ethyl adjacent to an activating group) is 1. The number of aromatic nitrogens is 2. The summed E-state index contributed by atoms with van der Waals surface area (Å²) in [6.45, 7) is 4.68. The largest absolute Gasteiger partial charge is 0.495 e. The number of rotatable bonds is 3. The Balaban J connectivity index is 2.17. The van der Waals surface area contributed by atoms with E-state index in [9.17, 15) is 9.59 Å². The number of fused-ring (bicyclic) bond motifs is 1. The molecule has 1 aliphatic rings. The van der Waals surface area contributed by atoms with E-state index in [1.807, 2.05) is 0 Å². The summed E-state index contributed by atoms with van der Waals surface area (Å²) >= 11 is 0. The highest BCUT2D eigenvalue weighted by Crippen LogP contribution is 2.22. The van der Waals surface area contributed by atoms with Crippen molar-refractivity contribution in [1.82, 2.24) is 14.5 Å². The van der Waals surface area contributed by atoms with Gasteiger partial charge in [-0.05, 0) is 25.1 Å². The van der Waals surface area contributed by atoms with E-state index < -0.39 is 0 Å². The molecule has 112 valence electrons. The van der Waals surface area contributed by atoms with Crippen LogP contribution in [0.5, 0.6) is 5.75 Å². The van der Waals surface area contributed by atoms with E-state index in [1.54, 1.807) is 18.2 Å². The first-order valence-corrected chi connectivity index (χ1v) is 7.19. The zero-order valence-electron chi connectivity index (χ0n) is 12.3. The molecule has 1 aromatic carbocycles. The first-order chi connectivity index (χ1) is 10.2. The van der Waals surface area contributed by atoms with Crippen LogP contribution in [0.1, 0.15) is 19.4 Å². The second-order valence-electron chi connectivity index (χ2n) is 5.32. The van der Waals surface area contributed by atoms with Gasteiger partial charge in [0.05, 0.1) is 24.1 Å². The Morgan fingerprint density at radius 2 is 2.19 bits per heavy atom. The maximum Gasteiger partial charge on any atom is 0.329 e. The normalized spacial score (nSPS) is 19.2. The lowest BCUT2D eigenvalue weighted by Crippen LogP contribution is -2.39. The van der Waals surface area contributed by atoms with Gasteiger partial charge in [-0.25, -0.2) is 4.79 Å². The van der Waals surface area contributed by atoms with Crippen LogP contribution in [0.25, 0.3) is 10.9 Å². The highest BCUT2D eigenvalue weighted by Gasteiger charge is 2.26. The highest BCUT2D eigenvalue weighted by atomic mass is 16.5. The number of aromatic amines is 1. The number of methoxy groups -OCH3 is 1. The number of nitrogens with one attached hydrogen (secondary N) is 1. The molecule has 0 aliphatic carbocycles. The van der Waals surface area contributed by atoms with Gasteiger partial charge in [0.1, 0.15) is 5.75 Å².